The minimum atomic E-state index is 0.0347. The molecule has 0 fully saturated rings. The molecule has 190 valence electrons. The Morgan fingerprint density at radius 1 is 0.946 bits per heavy atom. The molecule has 0 saturated heterocycles. The number of aryl methyl sites for hydroxylation is 1. The van der Waals surface area contributed by atoms with Crippen LogP contribution in [0.15, 0.2) is 85.1 Å². The summed E-state index contributed by atoms with van der Waals surface area (Å²) in [4.78, 5) is 27.7. The molecule has 0 radical (unpaired) electrons. The number of para-hydroxylation sites is 1. The molecule has 2 heterocycles. The van der Waals surface area contributed by atoms with Crippen molar-refractivity contribution in [3.63, 3.8) is 0 Å². The van der Waals surface area contributed by atoms with E-state index in [1.165, 1.54) is 16.5 Å². The van der Waals surface area contributed by atoms with Crippen molar-refractivity contribution in [2.75, 3.05) is 13.1 Å². The summed E-state index contributed by atoms with van der Waals surface area (Å²) in [6, 6.07) is 26.9. The molecular formula is C32H35N3O2. The normalized spacial score (nSPS) is 13.8. The fourth-order valence-electron chi connectivity index (χ4n) is 5.41. The predicted octanol–water partition coefficient (Wildman–Crippen LogP) is 6.10. The van der Waals surface area contributed by atoms with Crippen LogP contribution in [0.4, 0.5) is 0 Å². The molecule has 0 saturated carbocycles. The third kappa shape index (κ3) is 5.46. The zero-order valence-corrected chi connectivity index (χ0v) is 21.7. The molecule has 1 N–H and O–H groups in total. The minimum Gasteiger partial charge on any atom is -0.355 e. The lowest BCUT2D eigenvalue weighted by atomic mass is 9.98. The van der Waals surface area contributed by atoms with Crippen molar-refractivity contribution >= 4 is 22.7 Å². The van der Waals surface area contributed by atoms with Crippen molar-refractivity contribution in [3.8, 4) is 0 Å². The first-order valence-electron chi connectivity index (χ1n) is 13.3. The van der Waals surface area contributed by atoms with Gasteiger partial charge in [-0.2, -0.15) is 0 Å². The van der Waals surface area contributed by atoms with Crippen LogP contribution in [0.5, 0.6) is 0 Å². The molecule has 0 spiro atoms. The van der Waals surface area contributed by atoms with Crippen LogP contribution in [0.1, 0.15) is 65.7 Å². The highest BCUT2D eigenvalue weighted by molar-refractivity contribution is 5.98. The summed E-state index contributed by atoms with van der Waals surface area (Å²) < 4.78 is 2.31. The van der Waals surface area contributed by atoms with E-state index in [0.29, 0.717) is 32.1 Å². The molecule has 1 atom stereocenters. The molecule has 5 nitrogen and oxygen atoms in total. The van der Waals surface area contributed by atoms with Gasteiger partial charge < -0.3 is 14.8 Å². The number of rotatable bonds is 10. The Bertz CT molecular complexity index is 1390. The molecule has 2 amide bonds. The average molecular weight is 494 g/mol. The zero-order valence-electron chi connectivity index (χ0n) is 21.7. The first-order chi connectivity index (χ1) is 18.0. The lowest BCUT2D eigenvalue weighted by Gasteiger charge is -2.24. The lowest BCUT2D eigenvalue weighted by molar-refractivity contribution is -0.121. The number of hydrogen-bond donors (Lipinski definition) is 1. The van der Waals surface area contributed by atoms with Gasteiger partial charge in [0.15, 0.2) is 0 Å². The van der Waals surface area contributed by atoms with Gasteiger partial charge in [-0.15, -0.1) is 0 Å². The van der Waals surface area contributed by atoms with Crippen LogP contribution < -0.4 is 5.32 Å². The van der Waals surface area contributed by atoms with Gasteiger partial charge in [-0.3, -0.25) is 9.59 Å². The average Bonchev–Trinajstić information content (AvgIpc) is 3.45. The fraction of sp³-hybridized carbons (Fsp3) is 0.312. The van der Waals surface area contributed by atoms with Crippen LogP contribution in [0.3, 0.4) is 0 Å². The summed E-state index contributed by atoms with van der Waals surface area (Å²) in [5.41, 5.74) is 5.54. The van der Waals surface area contributed by atoms with E-state index in [9.17, 15) is 9.59 Å². The van der Waals surface area contributed by atoms with Gasteiger partial charge in [-0.25, -0.2) is 0 Å². The van der Waals surface area contributed by atoms with Gasteiger partial charge >= 0.3 is 0 Å². The standard InChI is InChI=1S/C32H35N3O2/c1-23(2)35-22-26(28-15-8-9-17-30(28)35)14-10-18-31(36)33-19-27(24-11-4-3-5-12-24)21-34-20-25-13-6-7-16-29(25)32(34)37/h3-9,11-13,15-17,22-23,27H,10,14,18-21H2,1-2H3,(H,33,36). The van der Waals surface area contributed by atoms with E-state index >= 15 is 0 Å². The number of fused-ring (bicyclic) bond motifs is 2. The maximum absolute atomic E-state index is 13.0. The van der Waals surface area contributed by atoms with Crippen molar-refractivity contribution in [1.29, 1.82) is 0 Å². The number of carbonyl (C=O) groups excluding carboxylic acids is 2. The zero-order chi connectivity index (χ0) is 25.8. The SMILES string of the molecule is CC(C)n1cc(CCCC(=O)NCC(CN2Cc3ccccc3C2=O)c2ccccc2)c2ccccc21. The smallest absolute Gasteiger partial charge is 0.254 e. The highest BCUT2D eigenvalue weighted by atomic mass is 16.2. The van der Waals surface area contributed by atoms with Crippen LogP contribution >= 0.6 is 0 Å². The Morgan fingerprint density at radius 3 is 2.46 bits per heavy atom. The van der Waals surface area contributed by atoms with Gasteiger partial charge in [0.2, 0.25) is 5.91 Å². The molecule has 3 aromatic carbocycles. The molecule has 5 rings (SSSR count). The largest absolute Gasteiger partial charge is 0.355 e. The quantitative estimate of drug-likeness (QED) is 0.290. The van der Waals surface area contributed by atoms with Crippen LogP contribution in [-0.2, 0) is 17.8 Å². The number of nitrogens with one attached hydrogen (secondary N) is 1. The Kier molecular flexibility index (Phi) is 7.40. The molecular weight excluding hydrogens is 458 g/mol. The second-order valence-corrected chi connectivity index (χ2v) is 10.3. The van der Waals surface area contributed by atoms with Crippen LogP contribution in [-0.4, -0.2) is 34.4 Å². The number of hydrogen-bond acceptors (Lipinski definition) is 2. The Labute approximate surface area is 219 Å². The molecule has 4 aromatic rings. The molecule has 1 aromatic heterocycles. The third-order valence-corrected chi connectivity index (χ3v) is 7.38. The van der Waals surface area contributed by atoms with E-state index in [1.54, 1.807) is 0 Å². The van der Waals surface area contributed by atoms with E-state index < -0.39 is 0 Å². The Balaban J connectivity index is 1.19. The van der Waals surface area contributed by atoms with E-state index in [2.05, 4.69) is 66.3 Å². The van der Waals surface area contributed by atoms with Crippen molar-refractivity contribution in [2.45, 2.75) is 51.6 Å². The van der Waals surface area contributed by atoms with Gasteiger partial charge in [-0.1, -0.05) is 66.7 Å². The van der Waals surface area contributed by atoms with Crippen LogP contribution in [0, 0.1) is 0 Å². The fourth-order valence-corrected chi connectivity index (χ4v) is 5.41. The van der Waals surface area contributed by atoms with Gasteiger partial charge in [0.25, 0.3) is 5.91 Å². The molecule has 1 aliphatic rings. The van der Waals surface area contributed by atoms with Gasteiger partial charge in [0.05, 0.1) is 0 Å². The number of amides is 2. The van der Waals surface area contributed by atoms with Gasteiger partial charge in [0.1, 0.15) is 0 Å². The molecule has 5 heteroatoms. The first-order valence-corrected chi connectivity index (χ1v) is 13.3. The number of benzene rings is 3. The van der Waals surface area contributed by atoms with E-state index in [4.69, 9.17) is 0 Å². The van der Waals surface area contributed by atoms with Crippen molar-refractivity contribution in [2.24, 2.45) is 0 Å². The summed E-state index contributed by atoms with van der Waals surface area (Å²) >= 11 is 0. The van der Waals surface area contributed by atoms with E-state index in [-0.39, 0.29) is 17.7 Å². The predicted molar refractivity (Wildman–Crippen MR) is 149 cm³/mol. The van der Waals surface area contributed by atoms with E-state index in [1.807, 2.05) is 47.4 Å². The maximum atomic E-state index is 13.0. The molecule has 0 aliphatic carbocycles. The highest BCUT2D eigenvalue weighted by Gasteiger charge is 2.29. The summed E-state index contributed by atoms with van der Waals surface area (Å²) in [5, 5.41) is 4.43. The number of carbonyl (C=O) groups is 2. The molecule has 37 heavy (non-hydrogen) atoms. The maximum Gasteiger partial charge on any atom is 0.254 e. The third-order valence-electron chi connectivity index (χ3n) is 7.38. The molecule has 1 aliphatic heterocycles. The summed E-state index contributed by atoms with van der Waals surface area (Å²) in [5.74, 6) is 0.167. The van der Waals surface area contributed by atoms with Crippen LogP contribution in [0.25, 0.3) is 10.9 Å². The number of nitrogens with zero attached hydrogens (tertiary/aromatic N) is 2. The second-order valence-electron chi connectivity index (χ2n) is 10.3. The highest BCUT2D eigenvalue weighted by Crippen LogP contribution is 2.27. The second kappa shape index (κ2) is 11.0. The summed E-state index contributed by atoms with van der Waals surface area (Å²) in [7, 11) is 0. The van der Waals surface area contributed by atoms with Crippen molar-refractivity contribution in [3.05, 3.63) is 107 Å². The minimum absolute atomic E-state index is 0.0347. The summed E-state index contributed by atoms with van der Waals surface area (Å²) in [6.07, 6.45) is 4.39. The van der Waals surface area contributed by atoms with Crippen LogP contribution in [0.2, 0.25) is 0 Å². The first kappa shape index (κ1) is 24.8. The molecule has 0 bridgehead atoms. The van der Waals surface area contributed by atoms with E-state index in [0.717, 1.165) is 29.5 Å². The van der Waals surface area contributed by atoms with Gasteiger partial charge in [0, 0.05) is 60.7 Å². The topological polar surface area (TPSA) is 54.3 Å². The molecule has 1 unspecified atom stereocenters. The lowest BCUT2D eigenvalue weighted by Crippen LogP contribution is -2.35. The van der Waals surface area contributed by atoms with Gasteiger partial charge in [-0.05, 0) is 55.5 Å². The Morgan fingerprint density at radius 2 is 1.68 bits per heavy atom. The summed E-state index contributed by atoms with van der Waals surface area (Å²) in [6.45, 7) is 6.10. The number of aromatic nitrogens is 1. The monoisotopic (exact) mass is 493 g/mol. The Hall–Kier alpha value is -3.86. The van der Waals surface area contributed by atoms with Crippen molar-refractivity contribution < 1.29 is 9.59 Å². The van der Waals surface area contributed by atoms with Crippen molar-refractivity contribution in [1.82, 2.24) is 14.8 Å².